The van der Waals surface area contributed by atoms with E-state index in [0.29, 0.717) is 6.04 Å². The van der Waals surface area contributed by atoms with Crippen LogP contribution in [-0.4, -0.2) is 46.3 Å². The highest BCUT2D eigenvalue weighted by Crippen LogP contribution is 2.41. The van der Waals surface area contributed by atoms with E-state index in [9.17, 15) is 0 Å². The Kier molecular flexibility index (Phi) is 3.80. The topological polar surface area (TPSA) is 45.2 Å². The maximum Gasteiger partial charge on any atom is 0.151 e. The molecule has 2 fully saturated rings. The van der Waals surface area contributed by atoms with E-state index >= 15 is 0 Å². The number of hydrogen-bond acceptors (Lipinski definition) is 6. The molecule has 3 heterocycles. The van der Waals surface area contributed by atoms with Crippen molar-refractivity contribution in [2.24, 2.45) is 11.8 Å². The Morgan fingerprint density at radius 2 is 2.32 bits per heavy atom. The number of fused-ring (bicyclic) bond motifs is 1. The van der Waals surface area contributed by atoms with Gasteiger partial charge in [-0.3, -0.25) is 4.90 Å². The molecule has 4 rings (SSSR count). The fourth-order valence-corrected chi connectivity index (χ4v) is 4.68. The van der Waals surface area contributed by atoms with Crippen LogP contribution in [0.5, 0.6) is 0 Å². The van der Waals surface area contributed by atoms with E-state index in [1.165, 1.54) is 31.6 Å². The first-order chi connectivity index (χ1) is 10.8. The highest BCUT2D eigenvalue weighted by molar-refractivity contribution is 7.07. The Hall–Kier alpha value is -1.53. The van der Waals surface area contributed by atoms with E-state index < -0.39 is 0 Å². The SMILES string of the molecule is CN(c1cccnn1)[C@@H]1CC[C@@H]2CN(Cc3cscn3)C[C@@H]21. The quantitative estimate of drug-likeness (QED) is 0.866. The molecule has 2 aliphatic rings. The van der Waals surface area contributed by atoms with Crippen molar-refractivity contribution in [2.75, 3.05) is 25.0 Å². The summed E-state index contributed by atoms with van der Waals surface area (Å²) in [4.78, 5) is 9.33. The van der Waals surface area contributed by atoms with Crippen LogP contribution < -0.4 is 4.90 Å². The molecule has 0 amide bonds. The molecule has 0 N–H and O–H groups in total. The predicted molar refractivity (Wildman–Crippen MR) is 87.8 cm³/mol. The average Bonchev–Trinajstić information content (AvgIpc) is 3.25. The Morgan fingerprint density at radius 3 is 3.09 bits per heavy atom. The zero-order valence-corrected chi connectivity index (χ0v) is 13.6. The van der Waals surface area contributed by atoms with Crippen LogP contribution in [0.15, 0.2) is 29.2 Å². The number of nitrogens with zero attached hydrogens (tertiary/aromatic N) is 5. The van der Waals surface area contributed by atoms with Crippen LogP contribution >= 0.6 is 11.3 Å². The van der Waals surface area contributed by atoms with Crippen molar-refractivity contribution in [3.63, 3.8) is 0 Å². The van der Waals surface area contributed by atoms with Crippen LogP contribution in [0.3, 0.4) is 0 Å². The van der Waals surface area contributed by atoms with Crippen molar-refractivity contribution in [3.05, 3.63) is 34.9 Å². The molecule has 1 aliphatic carbocycles. The van der Waals surface area contributed by atoms with E-state index in [0.717, 1.165) is 24.2 Å². The van der Waals surface area contributed by atoms with Gasteiger partial charge in [-0.1, -0.05) is 0 Å². The molecule has 2 aromatic heterocycles. The van der Waals surface area contributed by atoms with Gasteiger partial charge < -0.3 is 4.90 Å². The van der Waals surface area contributed by atoms with Crippen molar-refractivity contribution < 1.29 is 0 Å². The van der Waals surface area contributed by atoms with Gasteiger partial charge in [-0.25, -0.2) is 4.98 Å². The van der Waals surface area contributed by atoms with Gasteiger partial charge in [-0.2, -0.15) is 5.10 Å². The van der Waals surface area contributed by atoms with E-state index in [-0.39, 0.29) is 0 Å². The number of likely N-dealkylation sites (tertiary alicyclic amines) is 1. The molecule has 0 aromatic carbocycles. The van der Waals surface area contributed by atoms with Crippen LogP contribution in [0, 0.1) is 11.8 Å². The number of rotatable bonds is 4. The monoisotopic (exact) mass is 315 g/mol. The van der Waals surface area contributed by atoms with Gasteiger partial charge in [-0.15, -0.1) is 16.4 Å². The first-order valence-electron chi connectivity index (χ1n) is 7.91. The molecule has 1 saturated heterocycles. The molecule has 0 bridgehead atoms. The molecule has 116 valence electrons. The minimum Gasteiger partial charge on any atom is -0.355 e. The lowest BCUT2D eigenvalue weighted by Crippen LogP contribution is -2.38. The maximum atomic E-state index is 4.42. The summed E-state index contributed by atoms with van der Waals surface area (Å²) in [7, 11) is 2.17. The second-order valence-electron chi connectivity index (χ2n) is 6.44. The minimum atomic E-state index is 0.585. The predicted octanol–water partition coefficient (Wildman–Crippen LogP) is 2.28. The molecule has 6 heteroatoms. The fraction of sp³-hybridized carbons (Fsp3) is 0.562. The van der Waals surface area contributed by atoms with E-state index in [2.05, 4.69) is 43.5 Å². The molecular weight excluding hydrogens is 294 g/mol. The molecule has 22 heavy (non-hydrogen) atoms. The molecule has 3 atom stereocenters. The van der Waals surface area contributed by atoms with Gasteiger partial charge in [0.2, 0.25) is 0 Å². The van der Waals surface area contributed by atoms with E-state index in [1.54, 1.807) is 17.5 Å². The summed E-state index contributed by atoms with van der Waals surface area (Å²) in [5.74, 6) is 2.56. The van der Waals surface area contributed by atoms with Crippen LogP contribution in [0.2, 0.25) is 0 Å². The summed E-state index contributed by atoms with van der Waals surface area (Å²) in [6.45, 7) is 3.39. The standard InChI is InChI=1S/C16H21N5S/c1-20(16-3-2-6-18-19-16)15-5-4-12-7-21(9-14(12)15)8-13-10-22-11-17-13/h2-3,6,10-12,14-15H,4-5,7-9H2,1H3/t12-,14+,15-/m1/s1. The zero-order valence-electron chi connectivity index (χ0n) is 12.8. The second-order valence-corrected chi connectivity index (χ2v) is 7.15. The van der Waals surface area contributed by atoms with Crippen LogP contribution in [0.4, 0.5) is 5.82 Å². The normalized spacial score (nSPS) is 28.0. The summed E-state index contributed by atoms with van der Waals surface area (Å²) >= 11 is 1.69. The fourth-order valence-electron chi connectivity index (χ4n) is 4.14. The number of thiazole rings is 1. The summed E-state index contributed by atoms with van der Waals surface area (Å²) in [5, 5.41) is 10.5. The van der Waals surface area contributed by atoms with Crippen LogP contribution in [0.25, 0.3) is 0 Å². The summed E-state index contributed by atoms with van der Waals surface area (Å²) < 4.78 is 0. The second kappa shape index (κ2) is 5.93. The van der Waals surface area contributed by atoms with Gasteiger partial charge in [0.15, 0.2) is 5.82 Å². The molecule has 0 unspecified atom stereocenters. The molecule has 1 saturated carbocycles. The molecular formula is C16H21N5S. The number of anilines is 1. The third kappa shape index (κ3) is 2.61. The molecule has 5 nitrogen and oxygen atoms in total. The highest BCUT2D eigenvalue weighted by Gasteiger charge is 2.44. The minimum absolute atomic E-state index is 0.585. The van der Waals surface area contributed by atoms with Crippen molar-refractivity contribution in [3.8, 4) is 0 Å². The van der Waals surface area contributed by atoms with Gasteiger partial charge in [0.1, 0.15) is 0 Å². The van der Waals surface area contributed by atoms with Gasteiger partial charge in [-0.05, 0) is 36.8 Å². The van der Waals surface area contributed by atoms with Gasteiger partial charge in [0.25, 0.3) is 0 Å². The average molecular weight is 315 g/mol. The highest BCUT2D eigenvalue weighted by atomic mass is 32.1. The molecule has 0 spiro atoms. The lowest BCUT2D eigenvalue weighted by Gasteiger charge is -2.30. The summed E-state index contributed by atoms with van der Waals surface area (Å²) in [5.41, 5.74) is 3.14. The smallest absolute Gasteiger partial charge is 0.151 e. The zero-order chi connectivity index (χ0) is 14.9. The van der Waals surface area contributed by atoms with E-state index in [1.807, 2.05) is 11.6 Å². The third-order valence-electron chi connectivity index (χ3n) is 5.18. The van der Waals surface area contributed by atoms with Crippen LogP contribution in [0.1, 0.15) is 18.5 Å². The molecule has 0 radical (unpaired) electrons. The Bertz CT molecular complexity index is 602. The largest absolute Gasteiger partial charge is 0.355 e. The third-order valence-corrected chi connectivity index (χ3v) is 5.82. The van der Waals surface area contributed by atoms with E-state index in [4.69, 9.17) is 0 Å². The lowest BCUT2D eigenvalue weighted by molar-refractivity contribution is 0.294. The maximum absolute atomic E-state index is 4.42. The molecule has 2 aromatic rings. The first kappa shape index (κ1) is 14.1. The van der Waals surface area contributed by atoms with Crippen molar-refractivity contribution in [2.45, 2.75) is 25.4 Å². The van der Waals surface area contributed by atoms with Gasteiger partial charge in [0.05, 0.1) is 11.2 Å². The van der Waals surface area contributed by atoms with Crippen LogP contribution in [-0.2, 0) is 6.54 Å². The van der Waals surface area contributed by atoms with Crippen molar-refractivity contribution in [1.29, 1.82) is 0 Å². The number of hydrogen-bond donors (Lipinski definition) is 0. The summed E-state index contributed by atoms with van der Waals surface area (Å²) in [6.07, 6.45) is 4.33. The molecule has 1 aliphatic heterocycles. The first-order valence-corrected chi connectivity index (χ1v) is 8.85. The number of aromatic nitrogens is 3. The van der Waals surface area contributed by atoms with Gasteiger partial charge in [0, 0.05) is 44.3 Å². The Labute approximate surface area is 135 Å². The lowest BCUT2D eigenvalue weighted by atomic mass is 9.97. The Morgan fingerprint density at radius 1 is 1.36 bits per heavy atom. The van der Waals surface area contributed by atoms with Gasteiger partial charge >= 0.3 is 0 Å². The van der Waals surface area contributed by atoms with Crippen molar-refractivity contribution >= 4 is 17.2 Å². The summed E-state index contributed by atoms with van der Waals surface area (Å²) in [6, 6.07) is 4.61. The Balaban J connectivity index is 1.44. The van der Waals surface area contributed by atoms with Crippen molar-refractivity contribution in [1.82, 2.24) is 20.1 Å².